The van der Waals surface area contributed by atoms with Crippen molar-refractivity contribution >= 4 is 15.7 Å². The summed E-state index contributed by atoms with van der Waals surface area (Å²) in [5.41, 5.74) is 0.980. The summed E-state index contributed by atoms with van der Waals surface area (Å²) in [5, 5.41) is 3.48. The Labute approximate surface area is 127 Å². The molecule has 5 nitrogen and oxygen atoms in total. The third-order valence-corrected chi connectivity index (χ3v) is 5.32. The maximum absolute atomic E-state index is 12.0. The van der Waals surface area contributed by atoms with Crippen molar-refractivity contribution in [2.24, 2.45) is 0 Å². The minimum absolute atomic E-state index is 0.105. The number of likely N-dealkylation sites (tertiary alicyclic amines) is 1. The van der Waals surface area contributed by atoms with Gasteiger partial charge in [-0.1, -0.05) is 0 Å². The van der Waals surface area contributed by atoms with E-state index < -0.39 is 10.0 Å². The zero-order valence-corrected chi connectivity index (χ0v) is 13.8. The molecule has 0 spiro atoms. The average molecular weight is 311 g/mol. The van der Waals surface area contributed by atoms with Gasteiger partial charge in [-0.25, -0.2) is 13.1 Å². The number of benzene rings is 1. The number of nitrogens with one attached hydrogen (secondary N) is 2. The van der Waals surface area contributed by atoms with Gasteiger partial charge in [0.15, 0.2) is 0 Å². The molecule has 0 bridgehead atoms. The Hall–Kier alpha value is -1.11. The van der Waals surface area contributed by atoms with E-state index in [-0.39, 0.29) is 6.04 Å². The molecule has 118 valence electrons. The summed E-state index contributed by atoms with van der Waals surface area (Å²) < 4.78 is 26.7. The van der Waals surface area contributed by atoms with Crippen molar-refractivity contribution in [3.63, 3.8) is 0 Å². The van der Waals surface area contributed by atoms with E-state index >= 15 is 0 Å². The molecule has 0 radical (unpaired) electrons. The van der Waals surface area contributed by atoms with Crippen LogP contribution in [0.15, 0.2) is 29.2 Å². The molecule has 6 heteroatoms. The molecule has 0 saturated carbocycles. The molecule has 1 aliphatic rings. The van der Waals surface area contributed by atoms with Crippen LogP contribution in [0.2, 0.25) is 0 Å². The molecule has 0 aliphatic carbocycles. The van der Waals surface area contributed by atoms with E-state index in [1.807, 2.05) is 26.0 Å². The molecular weight excluding hydrogens is 286 g/mol. The van der Waals surface area contributed by atoms with Crippen LogP contribution >= 0.6 is 0 Å². The summed E-state index contributed by atoms with van der Waals surface area (Å²) >= 11 is 0. The predicted octanol–water partition coefficient (Wildman–Crippen LogP) is 1.88. The second-order valence-electron chi connectivity index (χ2n) is 6.02. The third-order valence-electron chi connectivity index (χ3n) is 3.64. The van der Waals surface area contributed by atoms with Gasteiger partial charge in [-0.15, -0.1) is 0 Å². The summed E-state index contributed by atoms with van der Waals surface area (Å²) in [4.78, 5) is 2.64. The van der Waals surface area contributed by atoms with Crippen molar-refractivity contribution in [3.8, 4) is 0 Å². The van der Waals surface area contributed by atoms with Gasteiger partial charge in [-0.05, 0) is 71.1 Å². The molecule has 2 N–H and O–H groups in total. The van der Waals surface area contributed by atoms with Crippen LogP contribution in [-0.4, -0.2) is 45.5 Å². The Bertz CT molecular complexity index is 547. The second kappa shape index (κ2) is 6.77. The molecule has 1 fully saturated rings. The van der Waals surface area contributed by atoms with Gasteiger partial charge in [0.2, 0.25) is 10.0 Å². The van der Waals surface area contributed by atoms with E-state index in [1.54, 1.807) is 12.1 Å². The highest BCUT2D eigenvalue weighted by atomic mass is 32.2. The highest BCUT2D eigenvalue weighted by molar-refractivity contribution is 7.89. The first kappa shape index (κ1) is 16.3. The molecule has 2 rings (SSSR count). The first-order chi connectivity index (χ1) is 9.87. The highest BCUT2D eigenvalue weighted by Gasteiger charge is 2.17. The maximum Gasteiger partial charge on any atom is 0.240 e. The van der Waals surface area contributed by atoms with Gasteiger partial charge < -0.3 is 10.2 Å². The van der Waals surface area contributed by atoms with Gasteiger partial charge in [-0.3, -0.25) is 0 Å². The van der Waals surface area contributed by atoms with E-state index in [0.717, 1.165) is 31.6 Å². The number of rotatable bonds is 5. The van der Waals surface area contributed by atoms with E-state index in [4.69, 9.17) is 0 Å². The maximum atomic E-state index is 12.0. The fraction of sp³-hybridized carbons (Fsp3) is 0.600. The number of piperidine rings is 1. The summed E-state index contributed by atoms with van der Waals surface area (Å²) in [6.07, 6.45) is 2.23. The van der Waals surface area contributed by atoms with Crippen LogP contribution in [0.25, 0.3) is 0 Å². The van der Waals surface area contributed by atoms with E-state index in [9.17, 15) is 8.42 Å². The van der Waals surface area contributed by atoms with Gasteiger partial charge in [0.1, 0.15) is 0 Å². The van der Waals surface area contributed by atoms with Crippen molar-refractivity contribution in [3.05, 3.63) is 24.3 Å². The molecule has 0 atom stereocenters. The van der Waals surface area contributed by atoms with E-state index in [0.29, 0.717) is 10.9 Å². The quantitative estimate of drug-likeness (QED) is 0.871. The highest BCUT2D eigenvalue weighted by Crippen LogP contribution is 2.18. The molecule has 0 unspecified atom stereocenters. The minimum atomic E-state index is -3.40. The number of nitrogens with zero attached hydrogens (tertiary/aromatic N) is 1. The van der Waals surface area contributed by atoms with Crippen LogP contribution in [0.4, 0.5) is 5.69 Å². The lowest BCUT2D eigenvalue weighted by atomic mass is 10.1. The molecule has 1 saturated heterocycles. The number of sulfonamides is 1. The van der Waals surface area contributed by atoms with Crippen LogP contribution in [0, 0.1) is 0 Å². The smallest absolute Gasteiger partial charge is 0.240 e. The van der Waals surface area contributed by atoms with Crippen LogP contribution in [0.5, 0.6) is 0 Å². The zero-order valence-electron chi connectivity index (χ0n) is 13.0. The lowest BCUT2D eigenvalue weighted by Crippen LogP contribution is -2.36. The van der Waals surface area contributed by atoms with E-state index in [1.165, 1.54) is 0 Å². The van der Waals surface area contributed by atoms with Crippen LogP contribution in [0.1, 0.15) is 26.7 Å². The Morgan fingerprint density at radius 1 is 1.14 bits per heavy atom. The summed E-state index contributed by atoms with van der Waals surface area (Å²) in [6.45, 7) is 5.83. The fourth-order valence-corrected chi connectivity index (χ4v) is 3.75. The number of anilines is 1. The second-order valence-corrected chi connectivity index (χ2v) is 7.74. The van der Waals surface area contributed by atoms with Crippen molar-refractivity contribution in [2.75, 3.05) is 25.5 Å². The lowest BCUT2D eigenvalue weighted by Gasteiger charge is -2.30. The molecule has 1 aliphatic heterocycles. The molecule has 1 aromatic rings. The van der Waals surface area contributed by atoms with Gasteiger partial charge in [0.25, 0.3) is 0 Å². The molecule has 21 heavy (non-hydrogen) atoms. The average Bonchev–Trinajstić information content (AvgIpc) is 2.41. The van der Waals surface area contributed by atoms with Gasteiger partial charge in [0, 0.05) is 17.8 Å². The predicted molar refractivity (Wildman–Crippen MR) is 86.0 cm³/mol. The first-order valence-electron chi connectivity index (χ1n) is 7.44. The zero-order chi connectivity index (χ0) is 15.5. The molecule has 1 heterocycles. The molecular formula is C15H25N3O2S. The van der Waals surface area contributed by atoms with E-state index in [2.05, 4.69) is 22.0 Å². The van der Waals surface area contributed by atoms with Gasteiger partial charge in [0.05, 0.1) is 4.90 Å². The van der Waals surface area contributed by atoms with Crippen LogP contribution in [-0.2, 0) is 10.0 Å². The first-order valence-corrected chi connectivity index (χ1v) is 8.92. The lowest BCUT2D eigenvalue weighted by molar-refractivity contribution is 0.264. The summed E-state index contributed by atoms with van der Waals surface area (Å²) in [5.74, 6) is 0. The van der Waals surface area contributed by atoms with Crippen LogP contribution < -0.4 is 10.0 Å². The van der Waals surface area contributed by atoms with Gasteiger partial charge in [-0.2, -0.15) is 0 Å². The molecule has 1 aromatic carbocycles. The Morgan fingerprint density at radius 2 is 1.71 bits per heavy atom. The third kappa shape index (κ3) is 4.69. The monoisotopic (exact) mass is 311 g/mol. The largest absolute Gasteiger partial charge is 0.382 e. The van der Waals surface area contributed by atoms with Crippen molar-refractivity contribution in [2.45, 2.75) is 43.7 Å². The SMILES string of the molecule is CC(C)NS(=O)(=O)c1ccc(NC2CCN(C)CC2)cc1. The summed E-state index contributed by atoms with van der Waals surface area (Å²) in [6, 6.07) is 7.36. The van der Waals surface area contributed by atoms with Crippen molar-refractivity contribution < 1.29 is 8.42 Å². The normalized spacial score (nSPS) is 18.1. The topological polar surface area (TPSA) is 61.4 Å². The van der Waals surface area contributed by atoms with Crippen molar-refractivity contribution in [1.29, 1.82) is 0 Å². The minimum Gasteiger partial charge on any atom is -0.382 e. The Kier molecular flexibility index (Phi) is 5.24. The molecule has 0 amide bonds. The summed E-state index contributed by atoms with van der Waals surface area (Å²) in [7, 11) is -1.26. The standard InChI is InChI=1S/C15H25N3O2S/c1-12(2)17-21(19,20)15-6-4-13(5-7-15)16-14-8-10-18(3)11-9-14/h4-7,12,14,16-17H,8-11H2,1-3H3. The Balaban J connectivity index is 1.99. The number of hydrogen-bond donors (Lipinski definition) is 2. The number of hydrogen-bond acceptors (Lipinski definition) is 4. The fourth-order valence-electron chi connectivity index (χ4n) is 2.50. The van der Waals surface area contributed by atoms with Crippen LogP contribution in [0.3, 0.4) is 0 Å². The van der Waals surface area contributed by atoms with Gasteiger partial charge >= 0.3 is 0 Å². The Morgan fingerprint density at radius 3 is 2.24 bits per heavy atom. The molecule has 0 aromatic heterocycles. The van der Waals surface area contributed by atoms with Crippen molar-refractivity contribution in [1.82, 2.24) is 9.62 Å².